The van der Waals surface area contributed by atoms with Crippen molar-refractivity contribution in [3.63, 3.8) is 0 Å². The normalized spacial score (nSPS) is 14.0. The maximum absolute atomic E-state index is 14.1. The van der Waals surface area contributed by atoms with Crippen LogP contribution in [0.25, 0.3) is 16.3 Å². The van der Waals surface area contributed by atoms with E-state index in [1.165, 1.54) is 23.9 Å². The van der Waals surface area contributed by atoms with Crippen molar-refractivity contribution < 1.29 is 17.9 Å². The van der Waals surface area contributed by atoms with Crippen molar-refractivity contribution in [2.75, 3.05) is 24.6 Å². The summed E-state index contributed by atoms with van der Waals surface area (Å²) in [6.07, 6.45) is 8.91. The van der Waals surface area contributed by atoms with Gasteiger partial charge in [0.25, 0.3) is 10.0 Å². The van der Waals surface area contributed by atoms with Crippen LogP contribution in [-0.2, 0) is 14.8 Å². The Kier molecular flexibility index (Phi) is 5.95. The van der Waals surface area contributed by atoms with Gasteiger partial charge in [0.2, 0.25) is 0 Å². The summed E-state index contributed by atoms with van der Waals surface area (Å²) in [5.74, 6) is 0.616. The first-order valence-corrected chi connectivity index (χ1v) is 12.1. The Morgan fingerprint density at radius 3 is 2.65 bits per heavy atom. The lowest BCUT2D eigenvalue weighted by molar-refractivity contribution is 0.161. The second kappa shape index (κ2) is 9.20. The average Bonchev–Trinajstić information content (AvgIpc) is 2.89. The van der Waals surface area contributed by atoms with Crippen LogP contribution in [0.1, 0.15) is 12.0 Å². The van der Waals surface area contributed by atoms with Gasteiger partial charge in [-0.25, -0.2) is 22.7 Å². The van der Waals surface area contributed by atoms with Gasteiger partial charge < -0.3 is 9.47 Å². The molecule has 0 radical (unpaired) electrons. The fourth-order valence-electron chi connectivity index (χ4n) is 3.94. The van der Waals surface area contributed by atoms with Gasteiger partial charge in [0.15, 0.2) is 5.82 Å². The van der Waals surface area contributed by atoms with Crippen LogP contribution in [0.2, 0.25) is 0 Å². The molecule has 2 aromatic heterocycles. The number of ether oxygens (including phenoxy) is 2. The number of pyridine rings is 1. The quantitative estimate of drug-likeness (QED) is 0.410. The Morgan fingerprint density at radius 2 is 1.88 bits per heavy atom. The van der Waals surface area contributed by atoms with Gasteiger partial charge in [-0.15, -0.1) is 0 Å². The summed E-state index contributed by atoms with van der Waals surface area (Å²) < 4.78 is 40.4. The highest BCUT2D eigenvalue weighted by atomic mass is 32.2. The number of sulfonamides is 1. The van der Waals surface area contributed by atoms with Crippen LogP contribution in [0.4, 0.5) is 11.5 Å². The number of hydrogen-bond acceptors (Lipinski definition) is 7. The van der Waals surface area contributed by atoms with Crippen molar-refractivity contribution in [3.05, 3.63) is 85.1 Å². The third-order valence-corrected chi connectivity index (χ3v) is 7.37. The lowest BCUT2D eigenvalue weighted by Gasteiger charge is -2.26. The zero-order valence-electron chi connectivity index (χ0n) is 18.5. The fraction of sp³-hybridized carbons (Fsp3) is 0.160. The van der Waals surface area contributed by atoms with Gasteiger partial charge in [-0.1, -0.05) is 18.2 Å². The van der Waals surface area contributed by atoms with E-state index in [0.717, 1.165) is 28.3 Å². The molecule has 0 aliphatic carbocycles. The number of methoxy groups -OCH3 is 1. The van der Waals surface area contributed by atoms with Gasteiger partial charge in [-0.3, -0.25) is 4.98 Å². The molecule has 0 bridgehead atoms. The minimum Gasteiger partial charge on any atom is -0.495 e. The van der Waals surface area contributed by atoms with Gasteiger partial charge in [-0.2, -0.15) is 0 Å². The summed E-state index contributed by atoms with van der Waals surface area (Å²) >= 11 is 0. The molecule has 0 fully saturated rings. The number of benzene rings is 2. The third kappa shape index (κ3) is 4.11. The summed E-state index contributed by atoms with van der Waals surface area (Å²) in [5.41, 5.74) is 2.35. The molecule has 1 aliphatic rings. The van der Waals surface area contributed by atoms with E-state index in [2.05, 4.69) is 15.0 Å². The predicted octanol–water partition coefficient (Wildman–Crippen LogP) is 4.36. The highest BCUT2D eigenvalue weighted by Crippen LogP contribution is 2.40. The van der Waals surface area contributed by atoms with Crippen molar-refractivity contribution in [1.82, 2.24) is 15.0 Å². The molecule has 8 nitrogen and oxygen atoms in total. The molecule has 34 heavy (non-hydrogen) atoms. The van der Waals surface area contributed by atoms with Gasteiger partial charge in [0.1, 0.15) is 17.8 Å². The van der Waals surface area contributed by atoms with Crippen molar-refractivity contribution in [2.24, 2.45) is 0 Å². The molecule has 0 saturated heterocycles. The van der Waals surface area contributed by atoms with Gasteiger partial charge in [-0.05, 0) is 53.3 Å². The van der Waals surface area contributed by atoms with E-state index in [0.29, 0.717) is 24.7 Å². The van der Waals surface area contributed by atoms with E-state index in [-0.39, 0.29) is 10.7 Å². The Morgan fingerprint density at radius 1 is 1.00 bits per heavy atom. The zero-order chi connectivity index (χ0) is 23.5. The van der Waals surface area contributed by atoms with Crippen molar-refractivity contribution in [1.29, 1.82) is 0 Å². The number of anilines is 2. The van der Waals surface area contributed by atoms with Gasteiger partial charge in [0, 0.05) is 30.0 Å². The monoisotopic (exact) mass is 474 g/mol. The van der Waals surface area contributed by atoms with Crippen LogP contribution in [0, 0.1) is 0 Å². The molecule has 1 aliphatic heterocycles. The molecule has 2 aromatic carbocycles. The van der Waals surface area contributed by atoms with E-state index in [1.54, 1.807) is 48.8 Å². The first-order chi connectivity index (χ1) is 16.6. The molecular weight excluding hydrogens is 452 g/mol. The highest BCUT2D eigenvalue weighted by Gasteiger charge is 2.31. The lowest BCUT2D eigenvalue weighted by atomic mass is 10.0. The molecule has 0 amide bonds. The van der Waals surface area contributed by atoms with Crippen LogP contribution in [0.3, 0.4) is 0 Å². The summed E-state index contributed by atoms with van der Waals surface area (Å²) in [6, 6.07) is 13.8. The summed E-state index contributed by atoms with van der Waals surface area (Å²) in [4.78, 5) is 12.5. The van der Waals surface area contributed by atoms with E-state index >= 15 is 0 Å². The molecule has 0 spiro atoms. The van der Waals surface area contributed by atoms with Gasteiger partial charge >= 0.3 is 0 Å². The predicted molar refractivity (Wildman–Crippen MR) is 130 cm³/mol. The molecule has 0 atom stereocenters. The maximum atomic E-state index is 14.1. The molecule has 0 N–H and O–H groups in total. The third-order valence-electron chi connectivity index (χ3n) is 5.66. The largest absolute Gasteiger partial charge is 0.495 e. The van der Waals surface area contributed by atoms with E-state index in [9.17, 15) is 8.42 Å². The standard InChI is InChI=1S/C25H22N4O4S/c1-32-24-5-3-19(18-8-12-33-13-9-18)15-23(24)29(25-7-11-27-17-28-25)34(30,31)22-4-2-21-16-26-10-6-20(21)14-22/h2-8,10-11,14-17H,9,12-13H2,1H3. The van der Waals surface area contributed by atoms with Crippen LogP contribution in [0.5, 0.6) is 5.75 Å². The van der Waals surface area contributed by atoms with Crippen LogP contribution < -0.4 is 9.04 Å². The van der Waals surface area contributed by atoms with Crippen LogP contribution >= 0.6 is 0 Å². The first-order valence-electron chi connectivity index (χ1n) is 10.7. The Balaban J connectivity index is 1.71. The lowest BCUT2D eigenvalue weighted by Crippen LogP contribution is -2.27. The van der Waals surface area contributed by atoms with Crippen LogP contribution in [-0.4, -0.2) is 43.7 Å². The van der Waals surface area contributed by atoms with Crippen molar-refractivity contribution in [2.45, 2.75) is 11.3 Å². The molecule has 0 saturated carbocycles. The molecule has 9 heteroatoms. The number of nitrogens with zero attached hydrogens (tertiary/aromatic N) is 4. The molecule has 5 rings (SSSR count). The summed E-state index contributed by atoms with van der Waals surface area (Å²) in [7, 11) is -2.57. The molecule has 0 unspecified atom stereocenters. The second-order valence-corrected chi connectivity index (χ2v) is 9.45. The van der Waals surface area contributed by atoms with E-state index < -0.39 is 10.0 Å². The van der Waals surface area contributed by atoms with Crippen molar-refractivity contribution in [3.8, 4) is 5.75 Å². The molecular formula is C25H22N4O4S. The molecule has 3 heterocycles. The average molecular weight is 475 g/mol. The minimum absolute atomic E-state index is 0.127. The molecule has 172 valence electrons. The topological polar surface area (TPSA) is 94.5 Å². The number of aromatic nitrogens is 3. The smallest absolute Gasteiger partial charge is 0.270 e. The number of hydrogen-bond donors (Lipinski definition) is 0. The summed E-state index contributed by atoms with van der Waals surface area (Å²) in [6.45, 7) is 1.14. The SMILES string of the molecule is COc1ccc(C2=CCOCC2)cc1N(c1ccncn1)S(=O)(=O)c1ccc2cnccc2c1. The Labute approximate surface area is 197 Å². The van der Waals surface area contributed by atoms with Gasteiger partial charge in [0.05, 0.1) is 25.2 Å². The Hall–Kier alpha value is -3.82. The van der Waals surface area contributed by atoms with E-state index in [1.807, 2.05) is 18.2 Å². The van der Waals surface area contributed by atoms with Crippen LogP contribution in [0.15, 0.2) is 84.4 Å². The Bertz CT molecular complexity index is 1470. The highest BCUT2D eigenvalue weighted by molar-refractivity contribution is 7.93. The first kappa shape index (κ1) is 22.0. The summed E-state index contributed by atoms with van der Waals surface area (Å²) in [5, 5.41) is 1.62. The fourth-order valence-corrected chi connectivity index (χ4v) is 5.43. The minimum atomic E-state index is -4.08. The maximum Gasteiger partial charge on any atom is 0.270 e. The zero-order valence-corrected chi connectivity index (χ0v) is 19.3. The number of fused-ring (bicyclic) bond motifs is 1. The molecule has 4 aromatic rings. The van der Waals surface area contributed by atoms with Crippen molar-refractivity contribution >= 4 is 37.9 Å². The van der Waals surface area contributed by atoms with E-state index in [4.69, 9.17) is 9.47 Å². The second-order valence-electron chi connectivity index (χ2n) is 7.66. The number of rotatable bonds is 6.